The maximum absolute atomic E-state index is 12.7. The number of morpholine rings is 1. The lowest BCUT2D eigenvalue weighted by Crippen LogP contribution is -2.43. The molecule has 2 aliphatic heterocycles. The Kier molecular flexibility index (Phi) is 5.05. The third-order valence-electron chi connectivity index (χ3n) is 4.19. The molecule has 2 heterocycles. The molecule has 0 bridgehead atoms. The highest BCUT2D eigenvalue weighted by molar-refractivity contribution is 7.80. The van der Waals surface area contributed by atoms with Gasteiger partial charge in [0.05, 0.1) is 13.2 Å². The minimum absolute atomic E-state index is 0.0189. The van der Waals surface area contributed by atoms with Crippen LogP contribution in [0.5, 0.6) is 0 Å². The van der Waals surface area contributed by atoms with Crippen LogP contribution in [0.1, 0.15) is 5.56 Å². The zero-order chi connectivity index (χ0) is 16.2. The Balaban J connectivity index is 1.69. The second kappa shape index (κ2) is 7.21. The summed E-state index contributed by atoms with van der Waals surface area (Å²) in [5.74, 6) is -0.0189. The van der Waals surface area contributed by atoms with Gasteiger partial charge in [0.1, 0.15) is 5.70 Å². The van der Waals surface area contributed by atoms with Crippen molar-refractivity contribution in [2.24, 2.45) is 0 Å². The Morgan fingerprint density at radius 1 is 1.17 bits per heavy atom. The maximum Gasteiger partial charge on any atom is 0.276 e. The molecule has 6 heteroatoms. The van der Waals surface area contributed by atoms with Crippen molar-refractivity contribution in [1.29, 1.82) is 0 Å². The monoisotopic (exact) mass is 331 g/mol. The van der Waals surface area contributed by atoms with Crippen molar-refractivity contribution in [3.05, 3.63) is 41.6 Å². The molecule has 2 saturated heterocycles. The lowest BCUT2D eigenvalue weighted by molar-refractivity contribution is -0.122. The molecule has 0 spiro atoms. The number of benzene rings is 1. The predicted octanol–water partition coefficient (Wildman–Crippen LogP) is 1.42. The first kappa shape index (κ1) is 16.1. The van der Waals surface area contributed by atoms with Crippen LogP contribution in [0.2, 0.25) is 0 Å². The highest BCUT2D eigenvalue weighted by Gasteiger charge is 2.35. The zero-order valence-corrected chi connectivity index (χ0v) is 14.1. The lowest BCUT2D eigenvalue weighted by atomic mass is 10.2. The van der Waals surface area contributed by atoms with Crippen LogP contribution in [-0.2, 0) is 9.53 Å². The summed E-state index contributed by atoms with van der Waals surface area (Å²) >= 11 is 5.45. The molecule has 0 atom stereocenters. The maximum atomic E-state index is 12.7. The van der Waals surface area contributed by atoms with E-state index in [2.05, 4.69) is 4.90 Å². The molecule has 1 aromatic carbocycles. The molecular formula is C17H21N3O2S. The van der Waals surface area contributed by atoms with Crippen LogP contribution in [0, 0.1) is 0 Å². The Bertz CT molecular complexity index is 612. The molecule has 1 amide bonds. The number of ether oxygens (including phenoxy) is 1. The van der Waals surface area contributed by atoms with Crippen molar-refractivity contribution in [3.63, 3.8) is 0 Å². The summed E-state index contributed by atoms with van der Waals surface area (Å²) < 4.78 is 5.35. The number of likely N-dealkylation sites (N-methyl/N-ethyl adjacent to an activating group) is 1. The fourth-order valence-corrected chi connectivity index (χ4v) is 3.05. The first-order valence-corrected chi connectivity index (χ1v) is 8.24. The van der Waals surface area contributed by atoms with Crippen LogP contribution in [0.3, 0.4) is 0 Å². The summed E-state index contributed by atoms with van der Waals surface area (Å²) in [6.45, 7) is 4.79. The van der Waals surface area contributed by atoms with Crippen LogP contribution in [0.25, 0.3) is 6.08 Å². The van der Waals surface area contributed by atoms with Gasteiger partial charge in [-0.1, -0.05) is 30.3 Å². The molecule has 1 aromatic rings. The normalized spacial score (nSPS) is 21.5. The topological polar surface area (TPSA) is 36.0 Å². The number of carbonyl (C=O) groups is 1. The van der Waals surface area contributed by atoms with E-state index < -0.39 is 0 Å². The van der Waals surface area contributed by atoms with Gasteiger partial charge < -0.3 is 9.64 Å². The van der Waals surface area contributed by atoms with Crippen LogP contribution >= 0.6 is 12.2 Å². The average molecular weight is 331 g/mol. The van der Waals surface area contributed by atoms with E-state index in [-0.39, 0.29) is 5.91 Å². The highest BCUT2D eigenvalue weighted by Crippen LogP contribution is 2.22. The summed E-state index contributed by atoms with van der Waals surface area (Å²) in [7, 11) is 1.85. The van der Waals surface area contributed by atoms with Crippen LogP contribution < -0.4 is 0 Å². The van der Waals surface area contributed by atoms with Crippen molar-refractivity contribution in [2.45, 2.75) is 0 Å². The van der Waals surface area contributed by atoms with Gasteiger partial charge in [0.2, 0.25) is 0 Å². The number of amides is 1. The smallest absolute Gasteiger partial charge is 0.276 e. The van der Waals surface area contributed by atoms with E-state index in [1.807, 2.05) is 43.5 Å². The Labute approximate surface area is 142 Å². The average Bonchev–Trinajstić information content (AvgIpc) is 2.79. The van der Waals surface area contributed by atoms with Gasteiger partial charge in [-0.25, -0.2) is 0 Å². The second-order valence-corrected chi connectivity index (χ2v) is 6.06. The van der Waals surface area contributed by atoms with Gasteiger partial charge in [-0.3, -0.25) is 14.6 Å². The fraction of sp³-hybridized carbons (Fsp3) is 0.412. The minimum Gasteiger partial charge on any atom is -0.379 e. The van der Waals surface area contributed by atoms with Crippen molar-refractivity contribution in [1.82, 2.24) is 14.7 Å². The second-order valence-electron chi connectivity index (χ2n) is 5.69. The Morgan fingerprint density at radius 3 is 2.57 bits per heavy atom. The fourth-order valence-electron chi connectivity index (χ4n) is 2.78. The SMILES string of the molecule is CN1C(=S)N(CCN2CCOCC2)C(=O)/C1=C/c1ccccc1. The molecule has 2 aliphatic rings. The van der Waals surface area contributed by atoms with Gasteiger partial charge in [0.25, 0.3) is 5.91 Å². The first-order valence-electron chi connectivity index (χ1n) is 7.83. The summed E-state index contributed by atoms with van der Waals surface area (Å²) in [4.78, 5) is 18.5. The number of nitrogens with zero attached hydrogens (tertiary/aromatic N) is 3. The van der Waals surface area contributed by atoms with E-state index >= 15 is 0 Å². The van der Waals surface area contributed by atoms with Gasteiger partial charge in [-0.2, -0.15) is 0 Å². The van der Waals surface area contributed by atoms with Gasteiger partial charge in [-0.15, -0.1) is 0 Å². The van der Waals surface area contributed by atoms with E-state index in [9.17, 15) is 4.79 Å². The predicted molar refractivity (Wildman–Crippen MR) is 93.8 cm³/mol. The molecule has 3 rings (SSSR count). The van der Waals surface area contributed by atoms with Crippen LogP contribution in [0.4, 0.5) is 0 Å². The number of carbonyl (C=O) groups excluding carboxylic acids is 1. The van der Waals surface area contributed by atoms with Crippen molar-refractivity contribution >= 4 is 29.3 Å². The van der Waals surface area contributed by atoms with Crippen molar-refractivity contribution in [3.8, 4) is 0 Å². The summed E-state index contributed by atoms with van der Waals surface area (Å²) in [5, 5.41) is 0.574. The molecule has 0 N–H and O–H groups in total. The van der Waals surface area contributed by atoms with Gasteiger partial charge in [0, 0.05) is 33.2 Å². The molecule has 0 unspecified atom stereocenters. The Morgan fingerprint density at radius 2 is 1.87 bits per heavy atom. The molecule has 0 radical (unpaired) electrons. The molecule has 0 saturated carbocycles. The standard InChI is InChI=1S/C17H21N3O2S/c1-18-15(13-14-5-3-2-4-6-14)16(21)20(17(18)23)8-7-19-9-11-22-12-10-19/h2-6,13H,7-12H2,1H3/b15-13-. The Hall–Kier alpha value is -1.76. The molecule has 122 valence electrons. The summed E-state index contributed by atoms with van der Waals surface area (Å²) in [6, 6.07) is 9.84. The van der Waals surface area contributed by atoms with E-state index in [4.69, 9.17) is 17.0 Å². The van der Waals surface area contributed by atoms with E-state index in [1.54, 1.807) is 9.80 Å². The van der Waals surface area contributed by atoms with Gasteiger partial charge in [-0.05, 0) is 23.9 Å². The molecule has 0 aliphatic carbocycles. The van der Waals surface area contributed by atoms with E-state index in [0.717, 1.165) is 38.4 Å². The first-order chi connectivity index (χ1) is 11.2. The van der Waals surface area contributed by atoms with Gasteiger partial charge in [0.15, 0.2) is 5.11 Å². The third-order valence-corrected chi connectivity index (χ3v) is 4.68. The largest absolute Gasteiger partial charge is 0.379 e. The molecule has 23 heavy (non-hydrogen) atoms. The zero-order valence-electron chi connectivity index (χ0n) is 13.3. The van der Waals surface area contributed by atoms with Crippen LogP contribution in [-0.4, -0.2) is 72.2 Å². The van der Waals surface area contributed by atoms with Gasteiger partial charge >= 0.3 is 0 Å². The van der Waals surface area contributed by atoms with E-state index in [0.29, 0.717) is 17.4 Å². The van der Waals surface area contributed by atoms with Crippen molar-refractivity contribution < 1.29 is 9.53 Å². The molecule has 0 aromatic heterocycles. The third kappa shape index (κ3) is 3.60. The van der Waals surface area contributed by atoms with Crippen LogP contribution in [0.15, 0.2) is 36.0 Å². The minimum atomic E-state index is -0.0189. The lowest BCUT2D eigenvalue weighted by Gasteiger charge is -2.28. The summed E-state index contributed by atoms with van der Waals surface area (Å²) in [6.07, 6.45) is 1.89. The number of rotatable bonds is 4. The van der Waals surface area contributed by atoms with E-state index in [1.165, 1.54) is 0 Å². The number of hydrogen-bond acceptors (Lipinski definition) is 4. The molecular weight excluding hydrogens is 310 g/mol. The number of thiocarbonyl (C=S) groups is 1. The number of hydrogen-bond donors (Lipinski definition) is 0. The quantitative estimate of drug-likeness (QED) is 0.616. The summed E-state index contributed by atoms with van der Waals surface area (Å²) in [5.41, 5.74) is 1.63. The van der Waals surface area contributed by atoms with Crippen molar-refractivity contribution in [2.75, 3.05) is 46.4 Å². The molecule has 2 fully saturated rings. The molecule has 5 nitrogen and oxygen atoms in total. The highest BCUT2D eigenvalue weighted by atomic mass is 32.1.